The van der Waals surface area contributed by atoms with Crippen LogP contribution < -0.4 is 5.56 Å². The van der Waals surface area contributed by atoms with Gasteiger partial charge in [-0.1, -0.05) is 18.9 Å². The lowest BCUT2D eigenvalue weighted by atomic mass is 9.53. The molecular formula is C17H26BNO3. The minimum Gasteiger partial charge on any atom is -0.403 e. The average Bonchev–Trinajstić information content (AvgIpc) is 2.98. The normalized spacial score (nSPS) is 25.6. The molecule has 1 saturated heterocycles. The van der Waals surface area contributed by atoms with Crippen molar-refractivity contribution in [1.29, 1.82) is 0 Å². The number of hydrogen-bond donors (Lipinski definition) is 0. The first-order chi connectivity index (χ1) is 10.2. The summed E-state index contributed by atoms with van der Waals surface area (Å²) in [4.78, 5) is 11.7. The maximum Gasteiger partial charge on any atom is 0.469 e. The molecule has 1 saturated carbocycles. The first-order valence-corrected chi connectivity index (χ1v) is 8.21. The van der Waals surface area contributed by atoms with E-state index in [1.165, 1.54) is 12.8 Å². The molecule has 2 fully saturated rings. The molecular weight excluding hydrogens is 277 g/mol. The molecule has 0 bridgehead atoms. The molecule has 4 nitrogen and oxygen atoms in total. The summed E-state index contributed by atoms with van der Waals surface area (Å²) >= 11 is 0. The zero-order chi connectivity index (χ0) is 16.2. The molecule has 1 aliphatic heterocycles. The third-order valence-corrected chi connectivity index (χ3v) is 5.86. The van der Waals surface area contributed by atoms with E-state index in [2.05, 4.69) is 27.7 Å². The smallest absolute Gasteiger partial charge is 0.403 e. The van der Waals surface area contributed by atoms with E-state index in [1.54, 1.807) is 17.7 Å². The standard InChI is InChI=1S/C17H26BNO3/c1-15(2)16(3,4)22-18(21-15)17(10-6-7-11-17)13-8-9-14(20)19(5)12-13/h8-9,12H,6-7,10-11H2,1-5H3. The van der Waals surface area contributed by atoms with Crippen LogP contribution >= 0.6 is 0 Å². The summed E-state index contributed by atoms with van der Waals surface area (Å²) in [5, 5.41) is -0.142. The van der Waals surface area contributed by atoms with Gasteiger partial charge in [-0.3, -0.25) is 4.79 Å². The van der Waals surface area contributed by atoms with E-state index in [1.807, 2.05) is 12.3 Å². The summed E-state index contributed by atoms with van der Waals surface area (Å²) in [5.41, 5.74) is 0.526. The molecule has 1 aromatic heterocycles. The van der Waals surface area contributed by atoms with E-state index < -0.39 is 0 Å². The fourth-order valence-corrected chi connectivity index (χ4v) is 3.62. The van der Waals surface area contributed by atoms with E-state index in [-0.39, 0.29) is 29.2 Å². The maximum absolute atomic E-state index is 11.7. The summed E-state index contributed by atoms with van der Waals surface area (Å²) in [5.74, 6) is 0. The second kappa shape index (κ2) is 4.97. The molecule has 0 aromatic carbocycles. The Balaban J connectivity index is 2.03. The minimum absolute atomic E-state index is 0.0193. The Morgan fingerprint density at radius 2 is 1.59 bits per heavy atom. The van der Waals surface area contributed by atoms with Gasteiger partial charge in [0.2, 0.25) is 5.56 Å². The molecule has 0 radical (unpaired) electrons. The van der Waals surface area contributed by atoms with E-state index in [9.17, 15) is 4.79 Å². The van der Waals surface area contributed by atoms with Crippen molar-refractivity contribution in [2.45, 2.75) is 69.9 Å². The van der Waals surface area contributed by atoms with Crippen LogP contribution in [0, 0.1) is 0 Å². The van der Waals surface area contributed by atoms with Gasteiger partial charge in [0.15, 0.2) is 0 Å². The highest BCUT2D eigenvalue weighted by Gasteiger charge is 2.60. The summed E-state index contributed by atoms with van der Waals surface area (Å²) in [6.45, 7) is 8.37. The van der Waals surface area contributed by atoms with Crippen molar-refractivity contribution in [1.82, 2.24) is 4.57 Å². The van der Waals surface area contributed by atoms with Gasteiger partial charge < -0.3 is 13.9 Å². The monoisotopic (exact) mass is 303 g/mol. The van der Waals surface area contributed by atoms with Gasteiger partial charge in [-0.25, -0.2) is 0 Å². The molecule has 0 amide bonds. The van der Waals surface area contributed by atoms with Crippen LogP contribution in [0.4, 0.5) is 0 Å². The molecule has 0 spiro atoms. The Morgan fingerprint density at radius 1 is 1.05 bits per heavy atom. The number of aryl methyl sites for hydroxylation is 1. The van der Waals surface area contributed by atoms with Crippen molar-refractivity contribution >= 4 is 7.12 Å². The van der Waals surface area contributed by atoms with Gasteiger partial charge in [0.05, 0.1) is 11.2 Å². The number of rotatable bonds is 2. The van der Waals surface area contributed by atoms with Crippen LogP contribution in [0.15, 0.2) is 23.1 Å². The second-order valence-electron chi connectivity index (χ2n) is 7.82. The van der Waals surface area contributed by atoms with Gasteiger partial charge >= 0.3 is 7.12 Å². The molecule has 22 heavy (non-hydrogen) atoms. The molecule has 2 heterocycles. The quantitative estimate of drug-likeness (QED) is 0.789. The number of pyridine rings is 1. The maximum atomic E-state index is 11.7. The third kappa shape index (κ3) is 2.26. The molecule has 0 N–H and O–H groups in total. The largest absolute Gasteiger partial charge is 0.469 e. The van der Waals surface area contributed by atoms with Gasteiger partial charge in [-0.05, 0) is 46.1 Å². The van der Waals surface area contributed by atoms with Gasteiger partial charge in [-0.2, -0.15) is 0 Å². The van der Waals surface area contributed by atoms with Crippen molar-refractivity contribution in [3.63, 3.8) is 0 Å². The van der Waals surface area contributed by atoms with E-state index in [0.717, 1.165) is 18.4 Å². The SMILES string of the molecule is Cn1cc(C2(B3OC(C)(C)C(C)(C)O3)CCCC2)ccc1=O. The molecule has 1 aromatic rings. The van der Waals surface area contributed by atoms with Crippen LogP contribution in [0.25, 0.3) is 0 Å². The third-order valence-electron chi connectivity index (χ3n) is 5.86. The Bertz CT molecular complexity index is 613. The fraction of sp³-hybridized carbons (Fsp3) is 0.706. The van der Waals surface area contributed by atoms with Gasteiger partial charge in [0.1, 0.15) is 0 Å². The molecule has 2 aliphatic rings. The lowest BCUT2D eigenvalue weighted by molar-refractivity contribution is 0.00578. The number of hydrogen-bond acceptors (Lipinski definition) is 3. The van der Waals surface area contributed by atoms with Crippen LogP contribution in [0.2, 0.25) is 0 Å². The Kier molecular flexibility index (Phi) is 3.57. The first kappa shape index (κ1) is 15.8. The molecule has 120 valence electrons. The first-order valence-electron chi connectivity index (χ1n) is 8.21. The fourth-order valence-electron chi connectivity index (χ4n) is 3.62. The highest BCUT2D eigenvalue weighted by molar-refractivity contribution is 6.50. The van der Waals surface area contributed by atoms with Crippen molar-refractivity contribution < 1.29 is 9.31 Å². The molecule has 0 unspecified atom stereocenters. The number of nitrogens with zero attached hydrogens (tertiary/aromatic N) is 1. The highest BCUT2D eigenvalue weighted by Crippen LogP contribution is 2.49. The topological polar surface area (TPSA) is 40.5 Å². The summed E-state index contributed by atoms with van der Waals surface area (Å²) < 4.78 is 14.4. The van der Waals surface area contributed by atoms with Crippen molar-refractivity contribution in [2.75, 3.05) is 0 Å². The van der Waals surface area contributed by atoms with E-state index in [4.69, 9.17) is 9.31 Å². The van der Waals surface area contributed by atoms with Crippen LogP contribution in [0.3, 0.4) is 0 Å². The minimum atomic E-state index is -0.325. The Hall–Kier alpha value is -1.07. The van der Waals surface area contributed by atoms with Gasteiger partial charge in [0.25, 0.3) is 0 Å². The second-order valence-corrected chi connectivity index (χ2v) is 7.82. The summed E-state index contributed by atoms with van der Waals surface area (Å²) in [7, 11) is 1.55. The van der Waals surface area contributed by atoms with Gasteiger partial charge in [-0.15, -0.1) is 0 Å². The number of aromatic nitrogens is 1. The predicted octanol–water partition coefficient (Wildman–Crippen LogP) is 2.83. The Labute approximate surface area is 133 Å². The van der Waals surface area contributed by atoms with Crippen LogP contribution in [-0.4, -0.2) is 22.9 Å². The summed E-state index contributed by atoms with van der Waals surface area (Å²) in [6, 6.07) is 3.61. The zero-order valence-electron chi connectivity index (χ0n) is 14.3. The molecule has 5 heteroatoms. The lowest BCUT2D eigenvalue weighted by Gasteiger charge is -2.32. The molecule has 3 rings (SSSR count). The Morgan fingerprint density at radius 3 is 2.09 bits per heavy atom. The molecule has 0 atom stereocenters. The van der Waals surface area contributed by atoms with Crippen LogP contribution in [0.1, 0.15) is 58.9 Å². The van der Waals surface area contributed by atoms with E-state index >= 15 is 0 Å². The lowest BCUT2D eigenvalue weighted by Crippen LogP contribution is -2.44. The predicted molar refractivity (Wildman–Crippen MR) is 87.9 cm³/mol. The van der Waals surface area contributed by atoms with Crippen molar-refractivity contribution in [3.05, 3.63) is 34.2 Å². The van der Waals surface area contributed by atoms with Crippen molar-refractivity contribution in [3.8, 4) is 0 Å². The molecule has 1 aliphatic carbocycles. The van der Waals surface area contributed by atoms with E-state index in [0.29, 0.717) is 0 Å². The van der Waals surface area contributed by atoms with Crippen LogP contribution in [-0.2, 0) is 21.7 Å². The summed E-state index contributed by atoms with van der Waals surface area (Å²) in [6.07, 6.45) is 6.39. The zero-order valence-corrected chi connectivity index (χ0v) is 14.3. The highest BCUT2D eigenvalue weighted by atomic mass is 16.7. The van der Waals surface area contributed by atoms with Crippen LogP contribution in [0.5, 0.6) is 0 Å². The van der Waals surface area contributed by atoms with Crippen molar-refractivity contribution in [2.24, 2.45) is 7.05 Å². The van der Waals surface area contributed by atoms with Gasteiger partial charge in [0, 0.05) is 24.6 Å². The average molecular weight is 303 g/mol.